The van der Waals surface area contributed by atoms with E-state index in [1.54, 1.807) is 14.2 Å². The summed E-state index contributed by atoms with van der Waals surface area (Å²) in [4.78, 5) is 4.62. The molecule has 0 spiro atoms. The minimum atomic E-state index is 0.226. The number of rotatable bonds is 9. The Morgan fingerprint density at radius 2 is 1.72 bits per heavy atom. The Bertz CT molecular complexity index is 202. The lowest BCUT2D eigenvalue weighted by molar-refractivity contribution is -0.00461. The fourth-order valence-electron chi connectivity index (χ4n) is 2.34. The summed E-state index contributed by atoms with van der Waals surface area (Å²) in [6.07, 6.45) is 1.65. The van der Waals surface area contributed by atoms with Crippen molar-refractivity contribution in [3.8, 4) is 0 Å². The zero-order chi connectivity index (χ0) is 13.4. The molecular weight excluding hydrogens is 230 g/mol. The van der Waals surface area contributed by atoms with Gasteiger partial charge in [0, 0.05) is 40.4 Å². The molecule has 1 aliphatic heterocycles. The lowest BCUT2D eigenvalue weighted by atomic mass is 10.3. The first-order valence-electron chi connectivity index (χ1n) is 6.80. The van der Waals surface area contributed by atoms with Crippen molar-refractivity contribution < 1.29 is 9.47 Å². The summed E-state index contributed by atoms with van der Waals surface area (Å²) in [7, 11) is 7.75. The van der Waals surface area contributed by atoms with Crippen molar-refractivity contribution in [3.05, 3.63) is 0 Å². The molecule has 1 aliphatic rings. The van der Waals surface area contributed by atoms with Crippen LogP contribution in [0.25, 0.3) is 0 Å². The van der Waals surface area contributed by atoms with Crippen LogP contribution >= 0.6 is 0 Å². The van der Waals surface area contributed by atoms with Gasteiger partial charge < -0.3 is 19.7 Å². The molecular formula is C13H29N3O2. The minimum Gasteiger partial charge on any atom is -0.377 e. The van der Waals surface area contributed by atoms with Crippen molar-refractivity contribution in [2.24, 2.45) is 0 Å². The van der Waals surface area contributed by atoms with Gasteiger partial charge in [-0.1, -0.05) is 0 Å². The van der Waals surface area contributed by atoms with Crippen LogP contribution in [0.2, 0.25) is 0 Å². The largest absolute Gasteiger partial charge is 0.377 e. The maximum atomic E-state index is 5.42. The average molecular weight is 259 g/mol. The molecule has 18 heavy (non-hydrogen) atoms. The SMILES string of the molecule is COC1CN(CCNCCCN(C)C)CC1OC. The molecule has 0 amide bonds. The van der Waals surface area contributed by atoms with E-state index in [9.17, 15) is 0 Å². The Labute approximate surface area is 111 Å². The molecule has 5 nitrogen and oxygen atoms in total. The van der Waals surface area contributed by atoms with Crippen LogP contribution < -0.4 is 5.32 Å². The highest BCUT2D eigenvalue weighted by atomic mass is 16.5. The normalized spacial score (nSPS) is 25.2. The van der Waals surface area contributed by atoms with Crippen LogP contribution in [0.4, 0.5) is 0 Å². The average Bonchev–Trinajstić information content (AvgIpc) is 2.75. The fraction of sp³-hybridized carbons (Fsp3) is 1.00. The molecule has 0 bridgehead atoms. The maximum Gasteiger partial charge on any atom is 0.0971 e. The predicted octanol–water partition coefficient (Wildman–Crippen LogP) is -0.127. The van der Waals surface area contributed by atoms with Gasteiger partial charge in [0.2, 0.25) is 0 Å². The zero-order valence-corrected chi connectivity index (χ0v) is 12.3. The van der Waals surface area contributed by atoms with Gasteiger partial charge in [-0.05, 0) is 33.6 Å². The first-order chi connectivity index (χ1) is 8.67. The van der Waals surface area contributed by atoms with E-state index < -0.39 is 0 Å². The van der Waals surface area contributed by atoms with Gasteiger partial charge in [-0.25, -0.2) is 0 Å². The van der Waals surface area contributed by atoms with Crippen molar-refractivity contribution in [1.82, 2.24) is 15.1 Å². The molecule has 5 heteroatoms. The van der Waals surface area contributed by atoms with Crippen molar-refractivity contribution in [3.63, 3.8) is 0 Å². The highest BCUT2D eigenvalue weighted by Crippen LogP contribution is 2.14. The molecule has 2 atom stereocenters. The highest BCUT2D eigenvalue weighted by Gasteiger charge is 2.32. The fourth-order valence-corrected chi connectivity index (χ4v) is 2.34. The quantitative estimate of drug-likeness (QED) is 0.584. The molecule has 0 saturated carbocycles. The number of nitrogens with zero attached hydrogens (tertiary/aromatic N) is 2. The molecule has 1 saturated heterocycles. The number of hydrogen-bond acceptors (Lipinski definition) is 5. The van der Waals surface area contributed by atoms with Gasteiger partial charge in [-0.3, -0.25) is 4.90 Å². The standard InChI is InChI=1S/C13H29N3O2/c1-15(2)8-5-6-14-7-9-16-10-12(17-3)13(11-16)18-4/h12-14H,5-11H2,1-4H3. The maximum absolute atomic E-state index is 5.42. The van der Waals surface area contributed by atoms with Gasteiger partial charge in [0.1, 0.15) is 0 Å². The second-order valence-corrected chi connectivity index (χ2v) is 5.21. The van der Waals surface area contributed by atoms with E-state index in [2.05, 4.69) is 29.2 Å². The monoisotopic (exact) mass is 259 g/mol. The molecule has 0 aliphatic carbocycles. The van der Waals surface area contributed by atoms with Crippen LogP contribution in [0.5, 0.6) is 0 Å². The van der Waals surface area contributed by atoms with Crippen molar-refractivity contribution in [1.29, 1.82) is 0 Å². The summed E-state index contributed by atoms with van der Waals surface area (Å²) >= 11 is 0. The molecule has 0 radical (unpaired) electrons. The van der Waals surface area contributed by atoms with E-state index in [4.69, 9.17) is 9.47 Å². The zero-order valence-electron chi connectivity index (χ0n) is 12.3. The summed E-state index contributed by atoms with van der Waals surface area (Å²) in [5.41, 5.74) is 0. The van der Waals surface area contributed by atoms with Gasteiger partial charge in [0.05, 0.1) is 12.2 Å². The van der Waals surface area contributed by atoms with Gasteiger partial charge in [-0.2, -0.15) is 0 Å². The molecule has 1 heterocycles. The lowest BCUT2D eigenvalue weighted by Gasteiger charge is -2.15. The Morgan fingerprint density at radius 3 is 2.22 bits per heavy atom. The highest BCUT2D eigenvalue weighted by molar-refractivity contribution is 4.85. The Kier molecular flexibility index (Phi) is 7.77. The van der Waals surface area contributed by atoms with Crippen molar-refractivity contribution >= 4 is 0 Å². The van der Waals surface area contributed by atoms with Crippen LogP contribution in [-0.4, -0.2) is 89.6 Å². The molecule has 0 aromatic heterocycles. The molecule has 1 N–H and O–H groups in total. The van der Waals surface area contributed by atoms with E-state index in [0.717, 1.165) is 39.3 Å². The summed E-state index contributed by atoms with van der Waals surface area (Å²) in [5, 5.41) is 3.48. The predicted molar refractivity (Wildman–Crippen MR) is 74.1 cm³/mol. The molecule has 1 rings (SSSR count). The molecule has 1 fully saturated rings. The van der Waals surface area contributed by atoms with Crippen molar-refractivity contribution in [2.75, 3.05) is 67.6 Å². The van der Waals surface area contributed by atoms with E-state index in [-0.39, 0.29) is 12.2 Å². The number of likely N-dealkylation sites (tertiary alicyclic amines) is 1. The van der Waals surface area contributed by atoms with Crippen molar-refractivity contribution in [2.45, 2.75) is 18.6 Å². The third-order valence-electron chi connectivity index (χ3n) is 3.46. The smallest absolute Gasteiger partial charge is 0.0971 e. The Hall–Kier alpha value is -0.200. The molecule has 2 unspecified atom stereocenters. The van der Waals surface area contributed by atoms with Crippen LogP contribution in [-0.2, 0) is 9.47 Å². The second-order valence-electron chi connectivity index (χ2n) is 5.21. The van der Waals surface area contributed by atoms with Crippen LogP contribution in [0.1, 0.15) is 6.42 Å². The first-order valence-corrected chi connectivity index (χ1v) is 6.80. The topological polar surface area (TPSA) is 37.0 Å². The van der Waals surface area contributed by atoms with Crippen LogP contribution in [0, 0.1) is 0 Å². The van der Waals surface area contributed by atoms with E-state index in [0.29, 0.717) is 0 Å². The first kappa shape index (κ1) is 15.9. The minimum absolute atomic E-state index is 0.226. The van der Waals surface area contributed by atoms with Gasteiger partial charge in [-0.15, -0.1) is 0 Å². The van der Waals surface area contributed by atoms with E-state index >= 15 is 0 Å². The Morgan fingerprint density at radius 1 is 1.11 bits per heavy atom. The number of ether oxygens (including phenoxy) is 2. The summed E-state index contributed by atoms with van der Waals surface area (Å²) < 4.78 is 10.8. The summed E-state index contributed by atoms with van der Waals surface area (Å²) in [5.74, 6) is 0. The Balaban J connectivity index is 2.03. The molecule has 0 aromatic carbocycles. The second kappa shape index (κ2) is 8.82. The third-order valence-corrected chi connectivity index (χ3v) is 3.46. The van der Waals surface area contributed by atoms with Crippen LogP contribution in [0.3, 0.4) is 0 Å². The van der Waals surface area contributed by atoms with Gasteiger partial charge in [0.25, 0.3) is 0 Å². The number of nitrogens with one attached hydrogen (secondary N) is 1. The summed E-state index contributed by atoms with van der Waals surface area (Å²) in [6, 6.07) is 0. The molecule has 0 aromatic rings. The lowest BCUT2D eigenvalue weighted by Crippen LogP contribution is -2.32. The van der Waals surface area contributed by atoms with Gasteiger partial charge in [0.15, 0.2) is 0 Å². The van der Waals surface area contributed by atoms with E-state index in [1.165, 1.54) is 6.42 Å². The summed E-state index contributed by atoms with van der Waals surface area (Å²) in [6.45, 7) is 6.31. The van der Waals surface area contributed by atoms with Crippen LogP contribution in [0.15, 0.2) is 0 Å². The number of hydrogen-bond donors (Lipinski definition) is 1. The third kappa shape index (κ3) is 5.63. The van der Waals surface area contributed by atoms with E-state index in [1.807, 2.05) is 0 Å². The van der Waals surface area contributed by atoms with Gasteiger partial charge >= 0.3 is 0 Å². The molecule has 108 valence electrons. The number of methoxy groups -OCH3 is 2.